The lowest BCUT2D eigenvalue weighted by atomic mass is 9.98. The van der Waals surface area contributed by atoms with Crippen LogP contribution in [-0.2, 0) is 18.9 Å². The van der Waals surface area contributed by atoms with Crippen LogP contribution in [0.1, 0.15) is 31.6 Å². The van der Waals surface area contributed by atoms with E-state index in [0.29, 0.717) is 13.2 Å². The molecule has 3 rings (SSSR count). The Hall–Kier alpha value is -0.980. The Bertz CT molecular complexity index is 452. The molecule has 2 heterocycles. The van der Waals surface area contributed by atoms with Gasteiger partial charge in [0.05, 0.1) is 13.2 Å². The molecule has 22 heavy (non-hydrogen) atoms. The highest BCUT2D eigenvalue weighted by atomic mass is 16.7. The normalized spacial score (nSPS) is 35.1. The predicted molar refractivity (Wildman–Crippen MR) is 80.4 cm³/mol. The Morgan fingerprint density at radius 3 is 2.77 bits per heavy atom. The van der Waals surface area contributed by atoms with E-state index in [4.69, 9.17) is 18.9 Å². The van der Waals surface area contributed by atoms with Gasteiger partial charge in [0.25, 0.3) is 0 Å². The predicted octanol–water partition coefficient (Wildman–Crippen LogP) is 2.05. The molecule has 5 heteroatoms. The van der Waals surface area contributed by atoms with Crippen LogP contribution < -0.4 is 0 Å². The summed E-state index contributed by atoms with van der Waals surface area (Å²) in [4.78, 5) is 0. The molecule has 0 bridgehead atoms. The van der Waals surface area contributed by atoms with Crippen molar-refractivity contribution in [3.63, 3.8) is 0 Å². The van der Waals surface area contributed by atoms with Crippen molar-refractivity contribution in [1.29, 1.82) is 0 Å². The second kappa shape index (κ2) is 7.53. The highest BCUT2D eigenvalue weighted by molar-refractivity contribution is 5.16. The summed E-state index contributed by atoms with van der Waals surface area (Å²) in [6.07, 6.45) is 0.0839. The van der Waals surface area contributed by atoms with Gasteiger partial charge in [-0.2, -0.15) is 0 Å². The smallest absolute Gasteiger partial charge is 0.184 e. The van der Waals surface area contributed by atoms with E-state index in [1.807, 2.05) is 30.3 Å². The molecule has 0 radical (unpaired) electrons. The maximum absolute atomic E-state index is 10.2. The second-order valence-electron chi connectivity index (χ2n) is 5.80. The van der Waals surface area contributed by atoms with Crippen molar-refractivity contribution in [2.45, 2.75) is 50.5 Å². The maximum atomic E-state index is 10.2. The first-order chi connectivity index (χ1) is 10.8. The van der Waals surface area contributed by atoms with Gasteiger partial charge in [0.15, 0.2) is 6.29 Å². The Labute approximate surface area is 131 Å². The Morgan fingerprint density at radius 1 is 1.18 bits per heavy atom. The van der Waals surface area contributed by atoms with E-state index in [0.717, 1.165) is 18.4 Å². The average Bonchev–Trinajstić information content (AvgIpc) is 2.57. The summed E-state index contributed by atoms with van der Waals surface area (Å²) in [5, 5.41) is 10.2. The molecule has 0 aliphatic carbocycles. The number of rotatable bonds is 5. The SMILES string of the molecule is CCCCO[C@H]1[C@@H]2O[C@H](c3ccccc3)OC[C@H]2OC[C@H]1O. The van der Waals surface area contributed by atoms with Gasteiger partial charge in [-0.15, -0.1) is 0 Å². The minimum atomic E-state index is -0.660. The minimum absolute atomic E-state index is 0.185. The van der Waals surface area contributed by atoms with Crippen LogP contribution in [0.3, 0.4) is 0 Å². The summed E-state index contributed by atoms with van der Waals surface area (Å²) in [7, 11) is 0. The average molecular weight is 308 g/mol. The Balaban J connectivity index is 1.69. The fourth-order valence-corrected chi connectivity index (χ4v) is 2.87. The lowest BCUT2D eigenvalue weighted by Gasteiger charge is -2.45. The third-order valence-corrected chi connectivity index (χ3v) is 4.12. The van der Waals surface area contributed by atoms with Crippen molar-refractivity contribution in [3.05, 3.63) is 35.9 Å². The van der Waals surface area contributed by atoms with Crippen LogP contribution in [0.15, 0.2) is 30.3 Å². The zero-order valence-corrected chi connectivity index (χ0v) is 12.9. The number of hydrogen-bond donors (Lipinski definition) is 1. The van der Waals surface area contributed by atoms with Crippen molar-refractivity contribution in [1.82, 2.24) is 0 Å². The van der Waals surface area contributed by atoms with Crippen LogP contribution in [0, 0.1) is 0 Å². The first kappa shape index (κ1) is 15.9. The van der Waals surface area contributed by atoms with Gasteiger partial charge in [-0.3, -0.25) is 0 Å². The molecular formula is C17H24O5. The van der Waals surface area contributed by atoms with Crippen molar-refractivity contribution >= 4 is 0 Å². The van der Waals surface area contributed by atoms with E-state index in [1.165, 1.54) is 0 Å². The van der Waals surface area contributed by atoms with E-state index < -0.39 is 12.4 Å². The monoisotopic (exact) mass is 308 g/mol. The molecule has 2 saturated heterocycles. The van der Waals surface area contributed by atoms with Gasteiger partial charge in [0, 0.05) is 12.2 Å². The molecule has 5 nitrogen and oxygen atoms in total. The lowest BCUT2D eigenvalue weighted by Crippen LogP contribution is -2.59. The Kier molecular flexibility index (Phi) is 5.44. The van der Waals surface area contributed by atoms with Crippen LogP contribution in [0.25, 0.3) is 0 Å². The molecule has 1 aromatic carbocycles. The summed E-state index contributed by atoms with van der Waals surface area (Å²) in [5.41, 5.74) is 0.966. The molecule has 0 amide bonds. The topological polar surface area (TPSA) is 57.2 Å². The molecular weight excluding hydrogens is 284 g/mol. The van der Waals surface area contributed by atoms with E-state index in [2.05, 4.69) is 6.92 Å². The third kappa shape index (κ3) is 3.50. The summed E-state index contributed by atoms with van der Waals surface area (Å²) in [6, 6.07) is 9.81. The molecule has 122 valence electrons. The molecule has 0 unspecified atom stereocenters. The summed E-state index contributed by atoms with van der Waals surface area (Å²) in [6.45, 7) is 3.45. The van der Waals surface area contributed by atoms with Gasteiger partial charge in [-0.1, -0.05) is 43.7 Å². The lowest BCUT2D eigenvalue weighted by molar-refractivity contribution is -0.319. The molecule has 2 aliphatic heterocycles. The number of aliphatic hydroxyl groups is 1. The summed E-state index contributed by atoms with van der Waals surface area (Å²) >= 11 is 0. The van der Waals surface area contributed by atoms with Gasteiger partial charge in [-0.05, 0) is 6.42 Å². The number of hydrogen-bond acceptors (Lipinski definition) is 5. The summed E-state index contributed by atoms with van der Waals surface area (Å²) < 4.78 is 23.3. The van der Waals surface area contributed by atoms with Crippen molar-refractivity contribution in [2.24, 2.45) is 0 Å². The fourth-order valence-electron chi connectivity index (χ4n) is 2.87. The molecule has 1 aromatic rings. The van der Waals surface area contributed by atoms with Crippen LogP contribution in [0.4, 0.5) is 0 Å². The van der Waals surface area contributed by atoms with E-state index >= 15 is 0 Å². The number of benzene rings is 1. The molecule has 2 aliphatic rings. The molecule has 1 N–H and O–H groups in total. The second-order valence-corrected chi connectivity index (χ2v) is 5.80. The molecule has 0 aromatic heterocycles. The highest BCUT2D eigenvalue weighted by Gasteiger charge is 2.45. The number of ether oxygens (including phenoxy) is 4. The van der Waals surface area contributed by atoms with E-state index in [-0.39, 0.29) is 24.9 Å². The quantitative estimate of drug-likeness (QED) is 0.844. The summed E-state index contributed by atoms with van der Waals surface area (Å²) in [5.74, 6) is 0. The van der Waals surface area contributed by atoms with Crippen molar-refractivity contribution < 1.29 is 24.1 Å². The molecule has 0 saturated carbocycles. The first-order valence-corrected chi connectivity index (χ1v) is 8.03. The number of aliphatic hydroxyl groups excluding tert-OH is 1. The van der Waals surface area contributed by atoms with Gasteiger partial charge in [0.2, 0.25) is 0 Å². The fraction of sp³-hybridized carbons (Fsp3) is 0.647. The molecule has 5 atom stereocenters. The number of fused-ring (bicyclic) bond motifs is 1. The zero-order valence-electron chi connectivity index (χ0n) is 12.9. The zero-order chi connectivity index (χ0) is 15.4. The number of unbranched alkanes of at least 4 members (excludes halogenated alkanes) is 1. The van der Waals surface area contributed by atoms with Gasteiger partial charge < -0.3 is 24.1 Å². The minimum Gasteiger partial charge on any atom is -0.388 e. The van der Waals surface area contributed by atoms with Crippen LogP contribution in [0.2, 0.25) is 0 Å². The molecule has 2 fully saturated rings. The van der Waals surface area contributed by atoms with Crippen LogP contribution in [0.5, 0.6) is 0 Å². The Morgan fingerprint density at radius 2 is 2.00 bits per heavy atom. The third-order valence-electron chi connectivity index (χ3n) is 4.12. The van der Waals surface area contributed by atoms with Gasteiger partial charge >= 0.3 is 0 Å². The molecule has 0 spiro atoms. The van der Waals surface area contributed by atoms with Gasteiger partial charge in [0.1, 0.15) is 24.4 Å². The highest BCUT2D eigenvalue weighted by Crippen LogP contribution is 2.33. The van der Waals surface area contributed by atoms with E-state index in [1.54, 1.807) is 0 Å². The van der Waals surface area contributed by atoms with Crippen LogP contribution in [-0.4, -0.2) is 49.3 Å². The van der Waals surface area contributed by atoms with Crippen molar-refractivity contribution in [2.75, 3.05) is 19.8 Å². The largest absolute Gasteiger partial charge is 0.388 e. The van der Waals surface area contributed by atoms with Crippen LogP contribution >= 0.6 is 0 Å². The standard InChI is InChI=1S/C17H24O5/c1-2-3-9-19-15-13(18)10-20-14-11-21-17(22-16(14)15)12-7-5-4-6-8-12/h4-8,13-18H,2-3,9-11H2,1H3/t13-,14-,15-,16-,17-/m1/s1. The van der Waals surface area contributed by atoms with Crippen molar-refractivity contribution in [3.8, 4) is 0 Å². The van der Waals surface area contributed by atoms with E-state index in [9.17, 15) is 5.11 Å². The first-order valence-electron chi connectivity index (χ1n) is 8.03. The maximum Gasteiger partial charge on any atom is 0.184 e. The van der Waals surface area contributed by atoms with Gasteiger partial charge in [-0.25, -0.2) is 0 Å².